The minimum atomic E-state index is -1.40. The summed E-state index contributed by atoms with van der Waals surface area (Å²) in [6.07, 6.45) is 3.93. The molecule has 4 aromatic rings. The van der Waals surface area contributed by atoms with Gasteiger partial charge >= 0.3 is 5.97 Å². The first kappa shape index (κ1) is 20.7. The van der Waals surface area contributed by atoms with E-state index in [9.17, 15) is 14.7 Å². The Morgan fingerprint density at radius 1 is 1.00 bits per heavy atom. The van der Waals surface area contributed by atoms with E-state index in [2.05, 4.69) is 26.2 Å². The van der Waals surface area contributed by atoms with Crippen LogP contribution < -0.4 is 5.32 Å². The largest absolute Gasteiger partial charge is 0.479 e. The van der Waals surface area contributed by atoms with Crippen molar-refractivity contribution in [2.24, 2.45) is 0 Å². The van der Waals surface area contributed by atoms with E-state index in [0.717, 1.165) is 26.7 Å². The number of carboxylic acids is 1. The number of amides is 1. The molecule has 160 valence electrons. The molecule has 2 aromatic heterocycles. The highest BCUT2D eigenvalue weighted by atomic mass is 79.9. The number of imidazole rings is 1. The van der Waals surface area contributed by atoms with Crippen LogP contribution in [-0.2, 0) is 17.6 Å². The van der Waals surface area contributed by atoms with E-state index in [4.69, 9.17) is 11.6 Å². The van der Waals surface area contributed by atoms with Crippen molar-refractivity contribution in [3.05, 3.63) is 93.3 Å². The molecule has 6 nitrogen and oxygen atoms in total. The molecular formula is C24H17BrClN3O3. The Kier molecular flexibility index (Phi) is 5.03. The molecule has 5 rings (SSSR count). The van der Waals surface area contributed by atoms with Gasteiger partial charge in [0.05, 0.1) is 0 Å². The first-order chi connectivity index (χ1) is 15.3. The molecule has 0 fully saturated rings. The van der Waals surface area contributed by atoms with Gasteiger partial charge in [-0.05, 0) is 58.7 Å². The van der Waals surface area contributed by atoms with Gasteiger partial charge in [-0.2, -0.15) is 0 Å². The van der Waals surface area contributed by atoms with Crippen molar-refractivity contribution in [2.45, 2.75) is 18.4 Å². The van der Waals surface area contributed by atoms with Gasteiger partial charge in [-0.3, -0.25) is 4.79 Å². The Balaban J connectivity index is 1.43. The number of carboxylic acid groups (broad SMARTS) is 1. The smallest absolute Gasteiger partial charge is 0.330 e. The molecule has 8 heteroatoms. The molecule has 0 saturated carbocycles. The van der Waals surface area contributed by atoms with Gasteiger partial charge < -0.3 is 14.8 Å². The predicted molar refractivity (Wildman–Crippen MR) is 125 cm³/mol. The first-order valence-corrected chi connectivity index (χ1v) is 11.1. The average molecular weight is 511 g/mol. The summed E-state index contributed by atoms with van der Waals surface area (Å²) in [5.74, 6) is -1.58. The van der Waals surface area contributed by atoms with Crippen LogP contribution in [0.2, 0.25) is 5.02 Å². The number of nitrogens with one attached hydrogen (secondary N) is 1. The van der Waals surface area contributed by atoms with Crippen LogP contribution in [0.4, 0.5) is 0 Å². The number of aromatic nitrogens is 2. The number of fused-ring (bicyclic) bond motifs is 2. The number of hydrogen-bond acceptors (Lipinski definition) is 3. The lowest BCUT2D eigenvalue weighted by atomic mass is 9.95. The summed E-state index contributed by atoms with van der Waals surface area (Å²) >= 11 is 9.39. The Hall–Kier alpha value is -3.16. The van der Waals surface area contributed by atoms with E-state index in [1.807, 2.05) is 60.8 Å². The molecule has 0 aliphatic heterocycles. The van der Waals surface area contributed by atoms with Crippen molar-refractivity contribution in [1.82, 2.24) is 14.7 Å². The van der Waals surface area contributed by atoms with Crippen LogP contribution in [0, 0.1) is 0 Å². The predicted octanol–water partition coefficient (Wildman–Crippen LogP) is 4.77. The van der Waals surface area contributed by atoms with Crippen LogP contribution in [0.5, 0.6) is 0 Å². The van der Waals surface area contributed by atoms with Gasteiger partial charge in [0.2, 0.25) is 0 Å². The van der Waals surface area contributed by atoms with Crippen molar-refractivity contribution in [3.8, 4) is 11.1 Å². The fraction of sp³-hybridized carbons (Fsp3) is 0.125. The van der Waals surface area contributed by atoms with Gasteiger partial charge in [-0.1, -0.05) is 45.7 Å². The number of rotatable bonds is 4. The quantitative estimate of drug-likeness (QED) is 0.414. The van der Waals surface area contributed by atoms with Gasteiger partial charge in [0.25, 0.3) is 5.91 Å². The number of benzene rings is 2. The Morgan fingerprint density at radius 3 is 2.47 bits per heavy atom. The highest BCUT2D eigenvalue weighted by Gasteiger charge is 2.45. The lowest BCUT2D eigenvalue weighted by Crippen LogP contribution is -2.55. The van der Waals surface area contributed by atoms with Crippen LogP contribution in [-0.4, -0.2) is 31.9 Å². The van der Waals surface area contributed by atoms with Crippen molar-refractivity contribution < 1.29 is 14.7 Å². The highest BCUT2D eigenvalue weighted by Crippen LogP contribution is 2.33. The maximum atomic E-state index is 13.0. The zero-order valence-electron chi connectivity index (χ0n) is 16.7. The second kappa shape index (κ2) is 7.76. The van der Waals surface area contributed by atoms with Crippen LogP contribution in [0.3, 0.4) is 0 Å². The topological polar surface area (TPSA) is 83.7 Å². The highest BCUT2D eigenvalue weighted by molar-refractivity contribution is 9.10. The van der Waals surface area contributed by atoms with Crippen molar-refractivity contribution >= 4 is 45.1 Å². The lowest BCUT2D eigenvalue weighted by molar-refractivity contribution is -0.144. The van der Waals surface area contributed by atoms with Gasteiger partial charge in [0.1, 0.15) is 16.9 Å². The number of aliphatic carboxylic acids is 1. The fourth-order valence-electron chi connectivity index (χ4n) is 4.13. The third kappa shape index (κ3) is 3.67. The zero-order valence-corrected chi connectivity index (χ0v) is 19.0. The second-order valence-electron chi connectivity index (χ2n) is 7.92. The molecule has 0 radical (unpaired) electrons. The number of hydrogen-bond donors (Lipinski definition) is 2. The summed E-state index contributed by atoms with van der Waals surface area (Å²) in [4.78, 5) is 29.6. The minimum Gasteiger partial charge on any atom is -0.479 e. The van der Waals surface area contributed by atoms with E-state index in [1.165, 1.54) is 0 Å². The van der Waals surface area contributed by atoms with Crippen molar-refractivity contribution in [1.29, 1.82) is 0 Å². The molecule has 1 aliphatic rings. The summed E-state index contributed by atoms with van der Waals surface area (Å²) in [5.41, 5.74) is 3.10. The van der Waals surface area contributed by atoms with E-state index < -0.39 is 17.4 Å². The van der Waals surface area contributed by atoms with E-state index in [1.54, 1.807) is 10.6 Å². The Morgan fingerprint density at radius 2 is 1.72 bits per heavy atom. The second-order valence-corrected chi connectivity index (χ2v) is 9.28. The molecule has 1 amide bonds. The Bertz CT molecular complexity index is 1380. The number of halogens is 2. The number of carbonyl (C=O) groups is 2. The molecule has 2 heterocycles. The van der Waals surface area contributed by atoms with Crippen molar-refractivity contribution in [3.63, 3.8) is 0 Å². The van der Waals surface area contributed by atoms with Crippen molar-refractivity contribution in [2.75, 3.05) is 0 Å². The molecule has 1 atom stereocenters. The number of pyridine rings is 1. The maximum absolute atomic E-state index is 13.0. The summed E-state index contributed by atoms with van der Waals surface area (Å²) < 4.78 is 2.63. The van der Waals surface area contributed by atoms with E-state index in [-0.39, 0.29) is 18.5 Å². The van der Waals surface area contributed by atoms with E-state index in [0.29, 0.717) is 10.7 Å². The summed E-state index contributed by atoms with van der Waals surface area (Å²) in [6, 6.07) is 16.9. The molecule has 32 heavy (non-hydrogen) atoms. The van der Waals surface area contributed by atoms with Gasteiger partial charge in [-0.15, -0.1) is 0 Å². The number of nitrogens with zero attached hydrogens (tertiary/aromatic N) is 2. The molecular weight excluding hydrogens is 494 g/mol. The monoisotopic (exact) mass is 509 g/mol. The van der Waals surface area contributed by atoms with Crippen LogP contribution in [0.15, 0.2) is 71.5 Å². The molecule has 1 unspecified atom stereocenters. The third-order valence-electron chi connectivity index (χ3n) is 5.78. The molecule has 2 N–H and O–H groups in total. The molecule has 2 aromatic carbocycles. The lowest BCUT2D eigenvalue weighted by Gasteiger charge is -2.25. The molecule has 0 spiro atoms. The van der Waals surface area contributed by atoms with Gasteiger partial charge in [0, 0.05) is 34.7 Å². The molecule has 1 aliphatic carbocycles. The normalized spacial score (nSPS) is 17.3. The Labute approximate surface area is 197 Å². The molecule has 0 bridgehead atoms. The summed E-state index contributed by atoms with van der Waals surface area (Å²) in [7, 11) is 0. The minimum absolute atomic E-state index is 0.163. The SMILES string of the molecule is O=C(NC1(C(=O)O)Cc2ccc(Br)cc2C1)c1cn2cc(-c3ccc(Cl)cc3)ccc2n1. The summed E-state index contributed by atoms with van der Waals surface area (Å²) in [5, 5.41) is 13.4. The van der Waals surface area contributed by atoms with Crippen LogP contribution in [0.1, 0.15) is 21.6 Å². The zero-order chi connectivity index (χ0) is 22.5. The number of carbonyl (C=O) groups excluding carboxylic acids is 1. The maximum Gasteiger partial charge on any atom is 0.330 e. The third-order valence-corrected chi connectivity index (χ3v) is 6.52. The molecule has 0 saturated heterocycles. The summed E-state index contributed by atoms with van der Waals surface area (Å²) in [6.45, 7) is 0. The average Bonchev–Trinajstić information content (AvgIpc) is 3.35. The van der Waals surface area contributed by atoms with E-state index >= 15 is 0 Å². The van der Waals surface area contributed by atoms with Gasteiger partial charge in [-0.25, -0.2) is 9.78 Å². The first-order valence-electron chi connectivity index (χ1n) is 9.91. The van der Waals surface area contributed by atoms with Crippen LogP contribution in [0.25, 0.3) is 16.8 Å². The van der Waals surface area contributed by atoms with Crippen LogP contribution >= 0.6 is 27.5 Å². The fourth-order valence-corrected chi connectivity index (χ4v) is 4.67. The standard InChI is InChI=1S/C24H17BrClN3O3/c25-18-5-1-15-10-24(23(31)32,11-17(15)9-18)28-22(30)20-13-29-12-16(4-8-21(29)27-20)14-2-6-19(26)7-3-14/h1-9,12-13H,10-11H2,(H,28,30)(H,31,32). The van der Waals surface area contributed by atoms with Gasteiger partial charge in [0.15, 0.2) is 0 Å².